The van der Waals surface area contributed by atoms with Crippen LogP contribution in [0.1, 0.15) is 30.7 Å². The summed E-state index contributed by atoms with van der Waals surface area (Å²) in [7, 11) is 0. The molecule has 0 saturated carbocycles. The van der Waals surface area contributed by atoms with Crippen LogP contribution in [0.2, 0.25) is 0 Å². The monoisotopic (exact) mass is 241 g/mol. The van der Waals surface area contributed by atoms with Crippen LogP contribution < -0.4 is 10.5 Å². The molecule has 0 saturated heterocycles. The maximum atomic E-state index is 6.00. The SMILES string of the molecule is NCCC1CCCOc2c1ccc1ccccc21. The van der Waals surface area contributed by atoms with Crippen molar-refractivity contribution >= 4 is 10.8 Å². The fourth-order valence-electron chi connectivity index (χ4n) is 2.90. The third kappa shape index (κ3) is 1.97. The van der Waals surface area contributed by atoms with Gasteiger partial charge < -0.3 is 10.5 Å². The van der Waals surface area contributed by atoms with E-state index in [0.29, 0.717) is 5.92 Å². The van der Waals surface area contributed by atoms with Gasteiger partial charge in [0, 0.05) is 5.39 Å². The molecule has 2 heteroatoms. The number of benzene rings is 2. The Morgan fingerprint density at radius 2 is 2.06 bits per heavy atom. The van der Waals surface area contributed by atoms with Gasteiger partial charge in [0.2, 0.25) is 0 Å². The molecule has 0 amide bonds. The summed E-state index contributed by atoms with van der Waals surface area (Å²) in [5, 5.41) is 2.49. The topological polar surface area (TPSA) is 35.2 Å². The van der Waals surface area contributed by atoms with E-state index < -0.39 is 0 Å². The Morgan fingerprint density at radius 1 is 1.17 bits per heavy atom. The summed E-state index contributed by atoms with van der Waals surface area (Å²) >= 11 is 0. The van der Waals surface area contributed by atoms with Gasteiger partial charge in [0.15, 0.2) is 0 Å². The Morgan fingerprint density at radius 3 is 2.94 bits per heavy atom. The van der Waals surface area contributed by atoms with Gasteiger partial charge in [0.05, 0.1) is 6.61 Å². The molecule has 1 heterocycles. The van der Waals surface area contributed by atoms with E-state index in [2.05, 4.69) is 36.4 Å². The van der Waals surface area contributed by atoms with Crippen LogP contribution in [-0.2, 0) is 0 Å². The molecule has 2 N–H and O–H groups in total. The first-order valence-corrected chi connectivity index (χ1v) is 6.74. The Labute approximate surface area is 108 Å². The fraction of sp³-hybridized carbons (Fsp3) is 0.375. The van der Waals surface area contributed by atoms with E-state index in [1.54, 1.807) is 0 Å². The van der Waals surface area contributed by atoms with Crippen LogP contribution >= 0.6 is 0 Å². The van der Waals surface area contributed by atoms with Crippen molar-refractivity contribution in [3.63, 3.8) is 0 Å². The summed E-state index contributed by atoms with van der Waals surface area (Å²) in [5.41, 5.74) is 7.08. The highest BCUT2D eigenvalue weighted by Gasteiger charge is 2.20. The van der Waals surface area contributed by atoms with Crippen molar-refractivity contribution in [1.82, 2.24) is 0 Å². The Balaban J connectivity index is 2.16. The number of hydrogen-bond donors (Lipinski definition) is 1. The molecular weight excluding hydrogens is 222 g/mol. The third-order valence-corrected chi connectivity index (χ3v) is 3.81. The fourth-order valence-corrected chi connectivity index (χ4v) is 2.90. The summed E-state index contributed by atoms with van der Waals surface area (Å²) in [6.07, 6.45) is 3.35. The van der Waals surface area contributed by atoms with Gasteiger partial charge in [-0.1, -0.05) is 36.4 Å². The van der Waals surface area contributed by atoms with E-state index >= 15 is 0 Å². The van der Waals surface area contributed by atoms with Crippen molar-refractivity contribution in [2.75, 3.05) is 13.2 Å². The Kier molecular flexibility index (Phi) is 3.20. The Bertz CT molecular complexity index is 550. The van der Waals surface area contributed by atoms with Crippen LogP contribution in [0.3, 0.4) is 0 Å². The molecule has 1 unspecified atom stereocenters. The summed E-state index contributed by atoms with van der Waals surface area (Å²) in [6, 6.07) is 12.9. The van der Waals surface area contributed by atoms with Gasteiger partial charge in [-0.3, -0.25) is 0 Å². The molecule has 1 aliphatic heterocycles. The molecule has 18 heavy (non-hydrogen) atoms. The van der Waals surface area contributed by atoms with Crippen molar-refractivity contribution in [1.29, 1.82) is 0 Å². The molecule has 0 aromatic heterocycles. The molecule has 0 spiro atoms. The smallest absolute Gasteiger partial charge is 0.130 e. The van der Waals surface area contributed by atoms with Crippen LogP contribution in [0.5, 0.6) is 5.75 Å². The number of ether oxygens (including phenoxy) is 1. The van der Waals surface area contributed by atoms with E-state index in [1.807, 2.05) is 0 Å². The number of hydrogen-bond acceptors (Lipinski definition) is 2. The second-order valence-electron chi connectivity index (χ2n) is 4.97. The first-order chi connectivity index (χ1) is 8.90. The molecule has 0 bridgehead atoms. The van der Waals surface area contributed by atoms with Crippen molar-refractivity contribution in [3.05, 3.63) is 42.0 Å². The summed E-state index contributed by atoms with van der Waals surface area (Å²) < 4.78 is 6.00. The molecule has 0 radical (unpaired) electrons. The van der Waals surface area contributed by atoms with Gasteiger partial charge in [-0.15, -0.1) is 0 Å². The van der Waals surface area contributed by atoms with Crippen LogP contribution in [0, 0.1) is 0 Å². The van der Waals surface area contributed by atoms with Crippen LogP contribution in [-0.4, -0.2) is 13.2 Å². The quantitative estimate of drug-likeness (QED) is 0.874. The van der Waals surface area contributed by atoms with Crippen molar-refractivity contribution in [3.8, 4) is 5.75 Å². The lowest BCUT2D eigenvalue weighted by atomic mass is 9.89. The summed E-state index contributed by atoms with van der Waals surface area (Å²) in [6.45, 7) is 1.57. The largest absolute Gasteiger partial charge is 0.493 e. The molecular formula is C16H19NO. The van der Waals surface area contributed by atoms with Crippen LogP contribution in [0.15, 0.2) is 36.4 Å². The second kappa shape index (κ2) is 4.99. The number of rotatable bonds is 2. The average Bonchev–Trinajstić information content (AvgIpc) is 2.62. The lowest BCUT2D eigenvalue weighted by molar-refractivity contribution is 0.319. The zero-order valence-corrected chi connectivity index (χ0v) is 10.6. The van der Waals surface area contributed by atoms with E-state index in [1.165, 1.54) is 22.8 Å². The van der Waals surface area contributed by atoms with Gasteiger partial charge >= 0.3 is 0 Å². The van der Waals surface area contributed by atoms with Gasteiger partial charge in [-0.05, 0) is 42.7 Å². The lowest BCUT2D eigenvalue weighted by Crippen LogP contribution is -2.07. The molecule has 0 fully saturated rings. The summed E-state index contributed by atoms with van der Waals surface area (Å²) in [5.74, 6) is 1.64. The minimum absolute atomic E-state index is 0.553. The molecule has 2 nitrogen and oxygen atoms in total. The second-order valence-corrected chi connectivity index (χ2v) is 4.97. The third-order valence-electron chi connectivity index (χ3n) is 3.81. The van der Waals surface area contributed by atoms with Gasteiger partial charge in [-0.25, -0.2) is 0 Å². The molecule has 94 valence electrons. The van der Waals surface area contributed by atoms with E-state index in [-0.39, 0.29) is 0 Å². The first-order valence-electron chi connectivity index (χ1n) is 6.74. The first kappa shape index (κ1) is 11.5. The van der Waals surface area contributed by atoms with Gasteiger partial charge in [0.1, 0.15) is 5.75 Å². The zero-order valence-electron chi connectivity index (χ0n) is 10.6. The molecule has 1 aliphatic rings. The zero-order chi connectivity index (χ0) is 12.4. The minimum Gasteiger partial charge on any atom is -0.493 e. The predicted molar refractivity (Wildman–Crippen MR) is 75.1 cm³/mol. The average molecular weight is 241 g/mol. The standard InChI is InChI=1S/C16H19NO/c17-10-9-13-5-3-11-18-16-14-6-2-1-4-12(14)7-8-15(13)16/h1-2,4,6-8,13H,3,5,9-11,17H2. The van der Waals surface area contributed by atoms with E-state index in [9.17, 15) is 0 Å². The predicted octanol–water partition coefficient (Wildman–Crippen LogP) is 3.44. The normalized spacial score (nSPS) is 19.1. The number of nitrogens with two attached hydrogens (primary N) is 1. The summed E-state index contributed by atoms with van der Waals surface area (Å²) in [4.78, 5) is 0. The molecule has 2 aromatic rings. The van der Waals surface area contributed by atoms with Gasteiger partial charge in [-0.2, -0.15) is 0 Å². The van der Waals surface area contributed by atoms with E-state index in [4.69, 9.17) is 10.5 Å². The maximum Gasteiger partial charge on any atom is 0.130 e. The molecule has 3 rings (SSSR count). The van der Waals surface area contributed by atoms with Crippen LogP contribution in [0.25, 0.3) is 10.8 Å². The van der Waals surface area contributed by atoms with Crippen molar-refractivity contribution < 1.29 is 4.74 Å². The minimum atomic E-state index is 0.553. The number of fused-ring (bicyclic) bond motifs is 3. The highest BCUT2D eigenvalue weighted by molar-refractivity contribution is 5.89. The van der Waals surface area contributed by atoms with Crippen molar-refractivity contribution in [2.45, 2.75) is 25.2 Å². The maximum absolute atomic E-state index is 6.00. The lowest BCUT2D eigenvalue weighted by Gasteiger charge is -2.17. The highest BCUT2D eigenvalue weighted by Crippen LogP contribution is 2.39. The Hall–Kier alpha value is -1.54. The van der Waals surface area contributed by atoms with Crippen LogP contribution in [0.4, 0.5) is 0 Å². The van der Waals surface area contributed by atoms with E-state index in [0.717, 1.165) is 31.7 Å². The molecule has 0 aliphatic carbocycles. The van der Waals surface area contributed by atoms with Crippen molar-refractivity contribution in [2.24, 2.45) is 5.73 Å². The van der Waals surface area contributed by atoms with Gasteiger partial charge in [0.25, 0.3) is 0 Å². The highest BCUT2D eigenvalue weighted by atomic mass is 16.5. The molecule has 2 aromatic carbocycles. The molecule has 1 atom stereocenters.